The van der Waals surface area contributed by atoms with E-state index in [1.807, 2.05) is 0 Å². The van der Waals surface area contributed by atoms with Gasteiger partial charge >= 0.3 is 0 Å². The Morgan fingerprint density at radius 3 is 1.17 bits per heavy atom. The molecule has 41 heavy (non-hydrogen) atoms. The number of fused-ring (bicyclic) bond motifs is 2. The number of carbonyl (C=O) groups excluding carboxylic acids is 6. The molecule has 6 rings (SSSR count). The normalized spacial score (nSPS) is 14.0. The number of rotatable bonds is 6. The van der Waals surface area contributed by atoms with Crippen LogP contribution in [0.15, 0.2) is 84.9 Å². The summed E-state index contributed by atoms with van der Waals surface area (Å²) >= 11 is 11.0. The Morgan fingerprint density at radius 2 is 0.829 bits per heavy atom. The van der Waals surface area contributed by atoms with E-state index in [0.717, 1.165) is 20.9 Å². The molecule has 0 atom stereocenters. The maximum absolute atomic E-state index is 12.9. The van der Waals surface area contributed by atoms with Crippen molar-refractivity contribution in [1.29, 1.82) is 0 Å². The zero-order valence-corrected chi connectivity index (χ0v) is 22.4. The Balaban J connectivity index is 1.17. The fourth-order valence-electron chi connectivity index (χ4n) is 4.96. The fourth-order valence-corrected chi connectivity index (χ4v) is 5.19. The molecule has 0 bridgehead atoms. The molecule has 0 aliphatic carbocycles. The first-order valence-electron chi connectivity index (χ1n) is 12.3. The first-order valence-corrected chi connectivity index (χ1v) is 13.0. The number of halogens is 2. The summed E-state index contributed by atoms with van der Waals surface area (Å²) in [7, 11) is 0. The van der Waals surface area contributed by atoms with Gasteiger partial charge < -0.3 is 0 Å². The zero-order chi connectivity index (χ0) is 29.0. The molecule has 0 unspecified atom stereocenters. The quantitative estimate of drug-likeness (QED) is 0.215. The van der Waals surface area contributed by atoms with Crippen molar-refractivity contribution in [2.45, 2.75) is 6.42 Å². The first kappa shape index (κ1) is 26.3. The van der Waals surface area contributed by atoms with Gasteiger partial charge in [-0.3, -0.25) is 28.8 Å². The first-order chi connectivity index (χ1) is 19.6. The lowest BCUT2D eigenvalue weighted by molar-refractivity contribution is 0.0910. The van der Waals surface area contributed by atoms with Crippen LogP contribution in [0.25, 0.3) is 0 Å². The summed E-state index contributed by atoms with van der Waals surface area (Å²) in [5.41, 5.74) is 3.48. The second-order valence-corrected chi connectivity index (χ2v) is 10.2. The van der Waals surface area contributed by atoms with E-state index in [0.29, 0.717) is 17.8 Å². The largest absolute Gasteiger partial charge is 0.276 e. The molecule has 0 aromatic heterocycles. The summed E-state index contributed by atoms with van der Waals surface area (Å²) in [6, 6.07) is 22.1. The molecule has 0 saturated carbocycles. The molecule has 2 aliphatic heterocycles. The number of amides is 4. The van der Waals surface area contributed by atoms with E-state index < -0.39 is 34.1 Å². The third kappa shape index (κ3) is 4.43. The Hall–Kier alpha value is -4.92. The van der Waals surface area contributed by atoms with Gasteiger partial charge in [-0.05, 0) is 101 Å². The number of imide groups is 2. The predicted molar refractivity (Wildman–Crippen MR) is 151 cm³/mol. The van der Waals surface area contributed by atoms with Gasteiger partial charge in [0.25, 0.3) is 34.1 Å². The molecule has 2 aliphatic rings. The van der Waals surface area contributed by atoms with Gasteiger partial charge in [0.2, 0.25) is 0 Å². The maximum Gasteiger partial charge on any atom is 0.266 e. The minimum Gasteiger partial charge on any atom is -0.276 e. The van der Waals surface area contributed by atoms with Gasteiger partial charge in [0, 0.05) is 11.1 Å². The van der Waals surface area contributed by atoms with Crippen LogP contribution in [0.2, 0.25) is 0 Å². The molecule has 4 amide bonds. The van der Waals surface area contributed by atoms with Gasteiger partial charge in [-0.2, -0.15) is 0 Å². The second-order valence-electron chi connectivity index (χ2n) is 9.47. The summed E-state index contributed by atoms with van der Waals surface area (Å²) < 4.78 is 0. The van der Waals surface area contributed by atoms with E-state index in [2.05, 4.69) is 0 Å². The second kappa shape index (κ2) is 9.92. The van der Waals surface area contributed by atoms with Gasteiger partial charge in [0.15, 0.2) is 0 Å². The monoisotopic (exact) mass is 582 g/mol. The Kier molecular flexibility index (Phi) is 6.37. The average molecular weight is 583 g/mol. The summed E-state index contributed by atoms with van der Waals surface area (Å²) in [6.07, 6.45) is 0.507. The highest BCUT2D eigenvalue weighted by atomic mass is 35.5. The van der Waals surface area contributed by atoms with Gasteiger partial charge in [0.1, 0.15) is 0 Å². The highest BCUT2D eigenvalue weighted by molar-refractivity contribution is 6.68. The van der Waals surface area contributed by atoms with Crippen molar-refractivity contribution < 1.29 is 28.8 Å². The van der Waals surface area contributed by atoms with E-state index in [9.17, 15) is 28.8 Å². The smallest absolute Gasteiger partial charge is 0.266 e. The lowest BCUT2D eigenvalue weighted by Gasteiger charge is -2.15. The molecule has 200 valence electrons. The minimum atomic E-state index is -0.717. The number of benzene rings is 4. The molecule has 0 radical (unpaired) electrons. The van der Waals surface area contributed by atoms with E-state index >= 15 is 0 Å². The van der Waals surface area contributed by atoms with Crippen LogP contribution < -0.4 is 9.80 Å². The lowest BCUT2D eigenvalue weighted by atomic mass is 10.0. The van der Waals surface area contributed by atoms with Crippen molar-refractivity contribution in [3.63, 3.8) is 0 Å². The SMILES string of the molecule is O=C(Cl)c1ccc2c(c1)C(=O)N(c1ccc(Cc3ccc(N4C(=O)c5ccc(C(=O)Cl)cc5C4=O)cc3)cc1)C2=O. The van der Waals surface area contributed by atoms with E-state index in [4.69, 9.17) is 23.2 Å². The molecule has 2 heterocycles. The van der Waals surface area contributed by atoms with Crippen LogP contribution in [0, 0.1) is 0 Å². The van der Waals surface area contributed by atoms with Crippen molar-refractivity contribution in [3.8, 4) is 0 Å². The van der Waals surface area contributed by atoms with E-state index in [1.54, 1.807) is 48.5 Å². The van der Waals surface area contributed by atoms with Crippen molar-refractivity contribution >= 4 is 68.7 Å². The number of carbonyl (C=O) groups is 6. The molecule has 10 heteroatoms. The van der Waals surface area contributed by atoms with Crippen LogP contribution >= 0.6 is 23.2 Å². The van der Waals surface area contributed by atoms with Crippen LogP contribution in [0.3, 0.4) is 0 Å². The van der Waals surface area contributed by atoms with Crippen LogP contribution in [0.5, 0.6) is 0 Å². The molecular weight excluding hydrogens is 567 g/mol. The molecule has 4 aromatic rings. The van der Waals surface area contributed by atoms with E-state index in [1.165, 1.54) is 36.4 Å². The van der Waals surface area contributed by atoms with E-state index in [-0.39, 0.29) is 33.4 Å². The maximum atomic E-state index is 12.9. The van der Waals surface area contributed by atoms with Crippen LogP contribution in [-0.4, -0.2) is 34.1 Å². The van der Waals surface area contributed by atoms with Crippen LogP contribution in [0.4, 0.5) is 11.4 Å². The fraction of sp³-hybridized carbons (Fsp3) is 0.0323. The predicted octanol–water partition coefficient (Wildman–Crippen LogP) is 5.64. The van der Waals surface area contributed by atoms with Gasteiger partial charge in [-0.15, -0.1) is 0 Å². The summed E-state index contributed by atoms with van der Waals surface area (Å²) in [5.74, 6) is -2.04. The molecule has 0 N–H and O–H groups in total. The highest BCUT2D eigenvalue weighted by Crippen LogP contribution is 2.32. The Bertz CT molecular complexity index is 1710. The Morgan fingerprint density at radius 1 is 0.488 bits per heavy atom. The number of anilines is 2. The minimum absolute atomic E-state index is 0.122. The summed E-state index contributed by atoms with van der Waals surface area (Å²) in [4.78, 5) is 76.7. The van der Waals surface area contributed by atoms with Crippen LogP contribution in [-0.2, 0) is 6.42 Å². The molecule has 8 nitrogen and oxygen atoms in total. The topological polar surface area (TPSA) is 109 Å². The number of nitrogens with zero attached hydrogens (tertiary/aromatic N) is 2. The third-order valence-corrected chi connectivity index (χ3v) is 7.46. The number of hydrogen-bond acceptors (Lipinski definition) is 6. The van der Waals surface area contributed by atoms with Crippen molar-refractivity contribution in [3.05, 3.63) is 129 Å². The van der Waals surface area contributed by atoms with Crippen LogP contribution in [0.1, 0.15) is 73.3 Å². The summed E-state index contributed by atoms with van der Waals surface area (Å²) in [6.45, 7) is 0. The molecule has 4 aromatic carbocycles. The van der Waals surface area contributed by atoms with Crippen molar-refractivity contribution in [2.75, 3.05) is 9.80 Å². The highest BCUT2D eigenvalue weighted by Gasteiger charge is 2.38. The van der Waals surface area contributed by atoms with Gasteiger partial charge in [-0.1, -0.05) is 24.3 Å². The zero-order valence-electron chi connectivity index (χ0n) is 20.9. The summed E-state index contributed by atoms with van der Waals surface area (Å²) in [5, 5.41) is -1.43. The average Bonchev–Trinajstić information content (AvgIpc) is 3.37. The molecule has 0 fully saturated rings. The Labute approximate surface area is 242 Å². The van der Waals surface area contributed by atoms with Gasteiger partial charge in [0.05, 0.1) is 33.6 Å². The standard InChI is InChI=1S/C31H16Cl2N2O6/c32-26(36)18-5-11-22-24(14-18)30(40)34(28(22)38)20-7-1-16(2-8-20)13-17-3-9-21(10-4-17)35-29(39)23-12-6-19(27(33)37)15-25(23)31(35)41/h1-12,14-15H,13H2. The van der Waals surface area contributed by atoms with Crippen molar-refractivity contribution in [1.82, 2.24) is 0 Å². The number of hydrogen-bond donors (Lipinski definition) is 0. The molecular formula is C31H16Cl2N2O6. The molecule has 0 saturated heterocycles. The van der Waals surface area contributed by atoms with Crippen molar-refractivity contribution in [2.24, 2.45) is 0 Å². The third-order valence-electron chi connectivity index (χ3n) is 7.02. The molecule has 0 spiro atoms. The van der Waals surface area contributed by atoms with Gasteiger partial charge in [-0.25, -0.2) is 9.80 Å². The lowest BCUT2D eigenvalue weighted by Crippen LogP contribution is -2.29.